The molecule has 0 radical (unpaired) electrons. The highest BCUT2D eigenvalue weighted by molar-refractivity contribution is 5.88. The third-order valence-corrected chi connectivity index (χ3v) is 6.14. The minimum atomic E-state index is -0.415. The van der Waals surface area contributed by atoms with E-state index in [4.69, 9.17) is 9.84 Å². The van der Waals surface area contributed by atoms with Crippen molar-refractivity contribution >= 4 is 5.97 Å². The van der Waals surface area contributed by atoms with Crippen LogP contribution in [0.3, 0.4) is 0 Å². The minimum absolute atomic E-state index is 0.0349. The zero-order valence-corrected chi connectivity index (χ0v) is 15.5. The van der Waals surface area contributed by atoms with Gasteiger partial charge in [0.1, 0.15) is 6.10 Å². The number of hydrogen-bond acceptors (Lipinski definition) is 3. The summed E-state index contributed by atoms with van der Waals surface area (Å²) in [6, 6.07) is 0. The smallest absolute Gasteiger partial charge is 0.336 e. The van der Waals surface area contributed by atoms with E-state index in [1.54, 1.807) is 0 Å². The second kappa shape index (κ2) is 10.2. The van der Waals surface area contributed by atoms with Gasteiger partial charge in [-0.05, 0) is 49.9 Å². The van der Waals surface area contributed by atoms with Crippen LogP contribution in [0.1, 0.15) is 84.0 Å². The number of aliphatic hydroxyl groups is 1. The molecular formula is C21H36O3. The number of aliphatic hydroxyl groups excluding tert-OH is 1. The zero-order valence-electron chi connectivity index (χ0n) is 15.5. The van der Waals surface area contributed by atoms with Gasteiger partial charge >= 0.3 is 5.97 Å². The summed E-state index contributed by atoms with van der Waals surface area (Å²) in [5.41, 5.74) is 0.170. The lowest BCUT2D eigenvalue weighted by Gasteiger charge is -2.42. The summed E-state index contributed by atoms with van der Waals surface area (Å²) in [7, 11) is 0. The molecule has 4 atom stereocenters. The molecule has 2 aliphatic carbocycles. The van der Waals surface area contributed by atoms with Crippen molar-refractivity contribution in [3.63, 3.8) is 0 Å². The van der Waals surface area contributed by atoms with Crippen LogP contribution in [0, 0.1) is 17.8 Å². The Hall–Kier alpha value is -0.830. The topological polar surface area (TPSA) is 46.5 Å². The molecule has 4 unspecified atom stereocenters. The van der Waals surface area contributed by atoms with E-state index in [1.165, 1.54) is 64.2 Å². The van der Waals surface area contributed by atoms with Crippen molar-refractivity contribution in [2.24, 2.45) is 17.8 Å². The number of esters is 1. The number of ether oxygens (including phenoxy) is 1. The summed E-state index contributed by atoms with van der Waals surface area (Å²) in [5.74, 6) is 2.09. The SMILES string of the molecule is C=C(CO)C(=O)OC1CCC2CC(CCCCCCC)CCC2C1. The summed E-state index contributed by atoms with van der Waals surface area (Å²) < 4.78 is 5.52. The highest BCUT2D eigenvalue weighted by atomic mass is 16.5. The van der Waals surface area contributed by atoms with Gasteiger partial charge in [0, 0.05) is 0 Å². The van der Waals surface area contributed by atoms with Crippen molar-refractivity contribution in [1.29, 1.82) is 0 Å². The first kappa shape index (κ1) is 19.5. The largest absolute Gasteiger partial charge is 0.459 e. The molecule has 2 rings (SSSR count). The Morgan fingerprint density at radius 2 is 1.75 bits per heavy atom. The summed E-state index contributed by atoms with van der Waals surface area (Å²) in [4.78, 5) is 11.8. The first-order valence-electron chi connectivity index (χ1n) is 10.1. The van der Waals surface area contributed by atoms with Gasteiger partial charge in [-0.3, -0.25) is 0 Å². The molecule has 3 heteroatoms. The Morgan fingerprint density at radius 1 is 1.04 bits per heavy atom. The normalized spacial score (nSPS) is 29.8. The molecular weight excluding hydrogens is 300 g/mol. The quantitative estimate of drug-likeness (QED) is 0.365. The summed E-state index contributed by atoms with van der Waals surface area (Å²) in [5, 5.41) is 8.97. The van der Waals surface area contributed by atoms with Crippen LogP contribution >= 0.6 is 0 Å². The number of carbonyl (C=O) groups excluding carboxylic acids is 1. The van der Waals surface area contributed by atoms with Crippen molar-refractivity contribution < 1.29 is 14.6 Å². The molecule has 0 saturated heterocycles. The predicted molar refractivity (Wildman–Crippen MR) is 97.7 cm³/mol. The van der Waals surface area contributed by atoms with Crippen LogP contribution in [0.4, 0.5) is 0 Å². The molecule has 0 aliphatic heterocycles. The molecule has 1 N–H and O–H groups in total. The molecule has 3 nitrogen and oxygen atoms in total. The third-order valence-electron chi connectivity index (χ3n) is 6.14. The molecule has 0 amide bonds. The van der Waals surface area contributed by atoms with E-state index in [0.717, 1.165) is 30.6 Å². The zero-order chi connectivity index (χ0) is 17.4. The Labute approximate surface area is 147 Å². The van der Waals surface area contributed by atoms with E-state index in [-0.39, 0.29) is 18.3 Å². The fourth-order valence-electron chi connectivity index (χ4n) is 4.65. The molecule has 0 heterocycles. The number of rotatable bonds is 9. The molecule has 2 aliphatic rings. The molecule has 2 fully saturated rings. The molecule has 0 aromatic rings. The third kappa shape index (κ3) is 5.91. The minimum Gasteiger partial charge on any atom is -0.459 e. The van der Waals surface area contributed by atoms with Gasteiger partial charge in [0.05, 0.1) is 12.2 Å². The molecule has 0 aromatic heterocycles. The van der Waals surface area contributed by atoms with Gasteiger partial charge in [-0.15, -0.1) is 0 Å². The Balaban J connectivity index is 1.67. The monoisotopic (exact) mass is 336 g/mol. The lowest BCUT2D eigenvalue weighted by molar-refractivity contribution is -0.148. The van der Waals surface area contributed by atoms with Crippen LogP contribution < -0.4 is 0 Å². The van der Waals surface area contributed by atoms with Crippen molar-refractivity contribution in [2.75, 3.05) is 6.61 Å². The van der Waals surface area contributed by atoms with Crippen LogP contribution in [0.2, 0.25) is 0 Å². The molecule has 138 valence electrons. The first-order chi connectivity index (χ1) is 11.6. The maximum absolute atomic E-state index is 11.8. The summed E-state index contributed by atoms with van der Waals surface area (Å²) in [6.07, 6.45) is 15.6. The summed E-state index contributed by atoms with van der Waals surface area (Å²) >= 11 is 0. The van der Waals surface area contributed by atoms with Crippen LogP contribution in [0.5, 0.6) is 0 Å². The second-order valence-electron chi connectivity index (χ2n) is 8.00. The van der Waals surface area contributed by atoms with E-state index >= 15 is 0 Å². The standard InChI is InChI=1S/C21H36O3/c1-3-4-5-6-7-8-17-9-10-19-14-20(12-11-18(19)13-17)24-21(23)16(2)15-22/h17-20,22H,2-15H2,1H3. The molecule has 0 spiro atoms. The average Bonchev–Trinajstić information content (AvgIpc) is 2.60. The highest BCUT2D eigenvalue weighted by Crippen LogP contribution is 2.44. The lowest BCUT2D eigenvalue weighted by Crippen LogP contribution is -2.35. The Morgan fingerprint density at radius 3 is 2.50 bits per heavy atom. The van der Waals surface area contributed by atoms with Gasteiger partial charge in [0.2, 0.25) is 0 Å². The van der Waals surface area contributed by atoms with Gasteiger partial charge in [-0.1, -0.05) is 58.4 Å². The van der Waals surface area contributed by atoms with Crippen molar-refractivity contribution in [3.8, 4) is 0 Å². The highest BCUT2D eigenvalue weighted by Gasteiger charge is 2.36. The Kier molecular flexibility index (Phi) is 8.31. The van der Waals surface area contributed by atoms with Crippen molar-refractivity contribution in [2.45, 2.75) is 90.1 Å². The van der Waals surface area contributed by atoms with Gasteiger partial charge in [0.25, 0.3) is 0 Å². The predicted octanol–water partition coefficient (Wildman–Crippen LogP) is 5.02. The van der Waals surface area contributed by atoms with Gasteiger partial charge in [0.15, 0.2) is 0 Å². The number of hydrogen-bond donors (Lipinski definition) is 1. The maximum Gasteiger partial charge on any atom is 0.336 e. The van der Waals surface area contributed by atoms with E-state index in [9.17, 15) is 4.79 Å². The average molecular weight is 337 g/mol. The fourth-order valence-corrected chi connectivity index (χ4v) is 4.65. The van der Waals surface area contributed by atoms with Crippen LogP contribution in [0.15, 0.2) is 12.2 Å². The second-order valence-corrected chi connectivity index (χ2v) is 8.00. The summed E-state index contributed by atoms with van der Waals surface area (Å²) in [6.45, 7) is 5.52. The van der Waals surface area contributed by atoms with Gasteiger partial charge in [-0.25, -0.2) is 4.79 Å². The molecule has 0 aromatic carbocycles. The van der Waals surface area contributed by atoms with E-state index in [2.05, 4.69) is 13.5 Å². The number of unbranched alkanes of at least 4 members (excludes halogenated alkanes) is 4. The van der Waals surface area contributed by atoms with Crippen molar-refractivity contribution in [3.05, 3.63) is 12.2 Å². The number of fused-ring (bicyclic) bond motifs is 1. The van der Waals surface area contributed by atoms with Crippen LogP contribution in [-0.2, 0) is 9.53 Å². The molecule has 2 saturated carbocycles. The first-order valence-corrected chi connectivity index (χ1v) is 10.1. The molecule has 24 heavy (non-hydrogen) atoms. The van der Waals surface area contributed by atoms with E-state index in [1.807, 2.05) is 0 Å². The van der Waals surface area contributed by atoms with Crippen molar-refractivity contribution in [1.82, 2.24) is 0 Å². The fraction of sp³-hybridized carbons (Fsp3) is 0.857. The van der Waals surface area contributed by atoms with E-state index in [0.29, 0.717) is 0 Å². The van der Waals surface area contributed by atoms with Crippen LogP contribution in [0.25, 0.3) is 0 Å². The Bertz CT molecular complexity index is 404. The van der Waals surface area contributed by atoms with Gasteiger partial charge < -0.3 is 9.84 Å². The van der Waals surface area contributed by atoms with Gasteiger partial charge in [-0.2, -0.15) is 0 Å². The lowest BCUT2D eigenvalue weighted by atomic mass is 9.66. The van der Waals surface area contributed by atoms with E-state index < -0.39 is 5.97 Å². The van der Waals surface area contributed by atoms with Crippen LogP contribution in [-0.4, -0.2) is 23.8 Å². The maximum atomic E-state index is 11.8. The number of carbonyl (C=O) groups is 1. The molecule has 0 bridgehead atoms.